The number of aliphatic imine (C=N–C) groups is 1. The largest absolute Gasteiger partial charge is 0.381 e. The molecule has 2 aliphatic rings. The number of piperidine rings is 1. The summed E-state index contributed by atoms with van der Waals surface area (Å²) < 4.78 is 5.49. The molecule has 0 aliphatic carbocycles. The summed E-state index contributed by atoms with van der Waals surface area (Å²) in [5.41, 5.74) is 0. The average molecular weight is 343 g/mol. The van der Waals surface area contributed by atoms with E-state index in [1.54, 1.807) is 0 Å². The van der Waals surface area contributed by atoms with Crippen LogP contribution in [0.3, 0.4) is 0 Å². The highest BCUT2D eigenvalue weighted by molar-refractivity contribution is 7.98. The number of hydrogen-bond donors (Lipinski definition) is 2. The number of nitrogens with zero attached hydrogens (tertiary/aromatic N) is 2. The van der Waals surface area contributed by atoms with Crippen molar-refractivity contribution in [3.63, 3.8) is 0 Å². The first-order valence-electron chi connectivity index (χ1n) is 9.15. The van der Waals surface area contributed by atoms with Gasteiger partial charge in [-0.15, -0.1) is 0 Å². The zero-order valence-electron chi connectivity index (χ0n) is 14.9. The molecule has 0 spiro atoms. The maximum Gasteiger partial charge on any atom is 0.191 e. The fourth-order valence-electron chi connectivity index (χ4n) is 3.27. The highest BCUT2D eigenvalue weighted by Gasteiger charge is 2.24. The molecule has 2 fully saturated rings. The van der Waals surface area contributed by atoms with Crippen LogP contribution in [0.1, 0.15) is 32.6 Å². The van der Waals surface area contributed by atoms with Gasteiger partial charge in [-0.1, -0.05) is 0 Å². The summed E-state index contributed by atoms with van der Waals surface area (Å²) in [5.74, 6) is 2.94. The maximum atomic E-state index is 5.49. The molecule has 0 aromatic heterocycles. The van der Waals surface area contributed by atoms with Gasteiger partial charge in [0.2, 0.25) is 0 Å². The summed E-state index contributed by atoms with van der Waals surface area (Å²) in [5, 5.41) is 7.01. The molecule has 134 valence electrons. The third-order valence-corrected chi connectivity index (χ3v) is 5.29. The molecule has 0 aromatic rings. The number of hydrogen-bond acceptors (Lipinski definition) is 4. The highest BCUT2D eigenvalue weighted by Crippen LogP contribution is 2.17. The first kappa shape index (κ1) is 18.9. The fraction of sp³-hybridized carbons (Fsp3) is 0.941. The van der Waals surface area contributed by atoms with Crippen LogP contribution >= 0.6 is 11.8 Å². The fourth-order valence-corrected chi connectivity index (χ4v) is 3.68. The van der Waals surface area contributed by atoms with E-state index in [1.165, 1.54) is 44.6 Å². The van der Waals surface area contributed by atoms with Gasteiger partial charge in [-0.3, -0.25) is 4.99 Å². The van der Waals surface area contributed by atoms with Crippen molar-refractivity contribution in [1.82, 2.24) is 15.5 Å². The molecular weight excluding hydrogens is 308 g/mol. The third-order valence-electron chi connectivity index (χ3n) is 4.59. The van der Waals surface area contributed by atoms with Gasteiger partial charge in [-0.25, -0.2) is 0 Å². The predicted octanol–water partition coefficient (Wildman–Crippen LogP) is 1.80. The van der Waals surface area contributed by atoms with Crippen molar-refractivity contribution in [2.75, 3.05) is 57.9 Å². The SMILES string of the molecule is CCNC(=NCCCSC)NC1CCN(CC2CCOC2)CC1. The van der Waals surface area contributed by atoms with Crippen LogP contribution in [-0.4, -0.2) is 74.8 Å². The Bertz CT molecular complexity index is 339. The molecule has 0 amide bonds. The number of ether oxygens (including phenoxy) is 1. The van der Waals surface area contributed by atoms with Gasteiger partial charge in [0.05, 0.1) is 6.61 Å². The second kappa shape index (κ2) is 11.2. The molecule has 1 unspecified atom stereocenters. The van der Waals surface area contributed by atoms with Gasteiger partial charge in [0.15, 0.2) is 5.96 Å². The van der Waals surface area contributed by atoms with E-state index in [4.69, 9.17) is 9.73 Å². The van der Waals surface area contributed by atoms with Crippen LogP contribution < -0.4 is 10.6 Å². The maximum absolute atomic E-state index is 5.49. The van der Waals surface area contributed by atoms with E-state index in [1.807, 2.05) is 11.8 Å². The number of nitrogens with one attached hydrogen (secondary N) is 2. The van der Waals surface area contributed by atoms with E-state index in [9.17, 15) is 0 Å². The summed E-state index contributed by atoms with van der Waals surface area (Å²) in [6, 6.07) is 0.560. The minimum atomic E-state index is 0.560. The standard InChI is InChI=1S/C17H34N4OS/c1-3-18-17(19-8-4-12-23-2)20-16-5-9-21(10-6-16)13-15-7-11-22-14-15/h15-16H,3-14H2,1-2H3,(H2,18,19,20). The van der Waals surface area contributed by atoms with Crippen LogP contribution in [0.5, 0.6) is 0 Å². The zero-order chi connectivity index (χ0) is 16.3. The molecule has 6 heteroatoms. The molecule has 2 heterocycles. The van der Waals surface area contributed by atoms with Crippen LogP contribution in [0.2, 0.25) is 0 Å². The Hall–Kier alpha value is -0.460. The number of thioether (sulfide) groups is 1. The van der Waals surface area contributed by atoms with E-state index in [2.05, 4.69) is 28.7 Å². The molecule has 0 aromatic carbocycles. The summed E-state index contributed by atoms with van der Waals surface area (Å²) >= 11 is 1.89. The number of rotatable bonds is 8. The van der Waals surface area contributed by atoms with E-state index in [0.717, 1.165) is 44.6 Å². The van der Waals surface area contributed by atoms with Crippen molar-refractivity contribution < 1.29 is 4.74 Å². The van der Waals surface area contributed by atoms with E-state index < -0.39 is 0 Å². The highest BCUT2D eigenvalue weighted by atomic mass is 32.2. The second-order valence-corrected chi connectivity index (χ2v) is 7.54. The Morgan fingerprint density at radius 1 is 1.30 bits per heavy atom. The van der Waals surface area contributed by atoms with E-state index in [0.29, 0.717) is 6.04 Å². The lowest BCUT2D eigenvalue weighted by Gasteiger charge is -2.34. The van der Waals surface area contributed by atoms with Gasteiger partial charge in [-0.2, -0.15) is 11.8 Å². The number of guanidine groups is 1. The van der Waals surface area contributed by atoms with Crippen LogP contribution in [-0.2, 0) is 4.74 Å². The molecular formula is C17H34N4OS. The lowest BCUT2D eigenvalue weighted by molar-refractivity contribution is 0.150. The minimum absolute atomic E-state index is 0.560. The van der Waals surface area contributed by atoms with Gasteiger partial charge in [-0.05, 0) is 50.5 Å². The molecule has 1 atom stereocenters. The van der Waals surface area contributed by atoms with Crippen molar-refractivity contribution in [2.45, 2.75) is 38.6 Å². The summed E-state index contributed by atoms with van der Waals surface area (Å²) in [4.78, 5) is 7.31. The van der Waals surface area contributed by atoms with Crippen molar-refractivity contribution in [2.24, 2.45) is 10.9 Å². The second-order valence-electron chi connectivity index (χ2n) is 6.56. The zero-order valence-corrected chi connectivity index (χ0v) is 15.7. The Balaban J connectivity index is 1.67. The predicted molar refractivity (Wildman–Crippen MR) is 101 cm³/mol. The summed E-state index contributed by atoms with van der Waals surface area (Å²) in [6.45, 7) is 9.50. The Labute approximate surface area is 146 Å². The summed E-state index contributed by atoms with van der Waals surface area (Å²) in [7, 11) is 0. The van der Waals surface area contributed by atoms with Crippen molar-refractivity contribution in [1.29, 1.82) is 0 Å². The van der Waals surface area contributed by atoms with Crippen LogP contribution in [0, 0.1) is 5.92 Å². The van der Waals surface area contributed by atoms with Gasteiger partial charge < -0.3 is 20.3 Å². The van der Waals surface area contributed by atoms with Gasteiger partial charge >= 0.3 is 0 Å². The molecule has 2 aliphatic heterocycles. The topological polar surface area (TPSA) is 48.9 Å². The molecule has 2 saturated heterocycles. The molecule has 23 heavy (non-hydrogen) atoms. The Morgan fingerprint density at radius 2 is 2.13 bits per heavy atom. The molecule has 0 radical (unpaired) electrons. The van der Waals surface area contributed by atoms with Crippen LogP contribution in [0.25, 0.3) is 0 Å². The third kappa shape index (κ3) is 7.31. The van der Waals surface area contributed by atoms with E-state index in [-0.39, 0.29) is 0 Å². The Morgan fingerprint density at radius 3 is 2.78 bits per heavy atom. The number of likely N-dealkylation sites (tertiary alicyclic amines) is 1. The van der Waals surface area contributed by atoms with Gasteiger partial charge in [0.1, 0.15) is 0 Å². The van der Waals surface area contributed by atoms with Crippen molar-refractivity contribution in [3.8, 4) is 0 Å². The molecule has 2 rings (SSSR count). The first-order valence-corrected chi connectivity index (χ1v) is 10.5. The monoisotopic (exact) mass is 342 g/mol. The normalized spacial score (nSPS) is 24.1. The summed E-state index contributed by atoms with van der Waals surface area (Å²) in [6.07, 6.45) is 6.97. The van der Waals surface area contributed by atoms with Crippen LogP contribution in [0.15, 0.2) is 4.99 Å². The van der Waals surface area contributed by atoms with Gasteiger partial charge in [0.25, 0.3) is 0 Å². The smallest absolute Gasteiger partial charge is 0.191 e. The first-order chi connectivity index (χ1) is 11.3. The quantitative estimate of drug-likeness (QED) is 0.400. The van der Waals surface area contributed by atoms with Crippen LogP contribution in [0.4, 0.5) is 0 Å². The molecule has 5 nitrogen and oxygen atoms in total. The molecule has 0 bridgehead atoms. The van der Waals surface area contributed by atoms with Crippen molar-refractivity contribution >= 4 is 17.7 Å². The Kier molecular flexibility index (Phi) is 9.15. The van der Waals surface area contributed by atoms with Gasteiger partial charge in [0, 0.05) is 45.4 Å². The molecule has 0 saturated carbocycles. The van der Waals surface area contributed by atoms with Crippen molar-refractivity contribution in [3.05, 3.63) is 0 Å². The lowest BCUT2D eigenvalue weighted by atomic mass is 10.0. The van der Waals surface area contributed by atoms with E-state index >= 15 is 0 Å². The average Bonchev–Trinajstić information content (AvgIpc) is 3.06. The lowest BCUT2D eigenvalue weighted by Crippen LogP contribution is -2.49. The molecule has 2 N–H and O–H groups in total. The minimum Gasteiger partial charge on any atom is -0.381 e.